The number of ketones is 1. The van der Waals surface area contributed by atoms with Crippen LogP contribution in [0.25, 0.3) is 0 Å². The fraction of sp³-hybridized carbons (Fsp3) is 0.222. The van der Waals surface area contributed by atoms with E-state index in [1.54, 1.807) is 12.1 Å². The van der Waals surface area contributed by atoms with Crippen LogP contribution in [0.3, 0.4) is 0 Å². The van der Waals surface area contributed by atoms with Crippen molar-refractivity contribution in [3.8, 4) is 0 Å². The van der Waals surface area contributed by atoms with Gasteiger partial charge in [-0.15, -0.1) is 0 Å². The monoisotopic (exact) mass is 257 g/mol. The van der Waals surface area contributed by atoms with Gasteiger partial charge in [0.05, 0.1) is 7.11 Å². The van der Waals surface area contributed by atoms with Crippen molar-refractivity contribution >= 4 is 27.7 Å². The first-order valence-corrected chi connectivity index (χ1v) is 4.64. The van der Waals surface area contributed by atoms with E-state index in [2.05, 4.69) is 25.7 Å². The molecule has 0 aliphatic rings. The Morgan fingerprint density at radius 2 is 2.21 bits per heavy atom. The Balaban J connectivity index is 2.70. The van der Waals surface area contributed by atoms with E-state index < -0.39 is 5.97 Å². The molecule has 0 N–H and O–H groups in total. The molecule has 1 heterocycles. The molecule has 0 amide bonds. The molecule has 1 aromatic rings. The van der Waals surface area contributed by atoms with E-state index in [1.165, 1.54) is 13.3 Å². The smallest absolute Gasteiger partial charge is 0.313 e. The van der Waals surface area contributed by atoms with Gasteiger partial charge in [0, 0.05) is 10.7 Å². The number of hydrogen-bond acceptors (Lipinski definition) is 4. The highest BCUT2D eigenvalue weighted by Gasteiger charge is 2.12. The van der Waals surface area contributed by atoms with Crippen LogP contribution in [0.4, 0.5) is 0 Å². The molecule has 0 atom stereocenters. The van der Waals surface area contributed by atoms with Gasteiger partial charge in [-0.3, -0.25) is 14.6 Å². The highest BCUT2D eigenvalue weighted by Crippen LogP contribution is 2.08. The van der Waals surface area contributed by atoms with Crippen LogP contribution in [0.1, 0.15) is 16.9 Å². The Morgan fingerprint density at radius 1 is 1.50 bits per heavy atom. The molecule has 0 aliphatic heterocycles. The Morgan fingerprint density at radius 3 is 2.71 bits per heavy atom. The van der Waals surface area contributed by atoms with Crippen molar-refractivity contribution in [3.05, 3.63) is 28.5 Å². The van der Waals surface area contributed by atoms with Crippen LogP contribution in [0.2, 0.25) is 0 Å². The number of rotatable bonds is 3. The van der Waals surface area contributed by atoms with Crippen LogP contribution >= 0.6 is 15.9 Å². The number of methoxy groups -OCH3 is 1. The summed E-state index contributed by atoms with van der Waals surface area (Å²) in [6.45, 7) is 0. The molecule has 0 saturated carbocycles. The molecule has 0 spiro atoms. The minimum Gasteiger partial charge on any atom is -0.469 e. The molecular formula is C9H8BrNO3. The summed E-state index contributed by atoms with van der Waals surface area (Å²) in [5.74, 6) is -0.899. The lowest BCUT2D eigenvalue weighted by molar-refractivity contribution is -0.139. The molecular weight excluding hydrogens is 250 g/mol. The minimum atomic E-state index is -0.556. The Hall–Kier alpha value is -1.23. The zero-order valence-corrected chi connectivity index (χ0v) is 9.08. The average Bonchev–Trinajstić information content (AvgIpc) is 2.18. The molecule has 5 heteroatoms. The number of Topliss-reactive ketones (excluding diaryl/α,β-unsaturated/α-hetero) is 1. The Labute approximate surface area is 89.4 Å². The van der Waals surface area contributed by atoms with Crippen LogP contribution in [0, 0.1) is 0 Å². The molecule has 0 radical (unpaired) electrons. The van der Waals surface area contributed by atoms with Crippen LogP contribution in [-0.2, 0) is 9.53 Å². The molecule has 4 nitrogen and oxygen atoms in total. The molecule has 0 unspecified atom stereocenters. The summed E-state index contributed by atoms with van der Waals surface area (Å²) in [6, 6.07) is 3.24. The fourth-order valence-electron chi connectivity index (χ4n) is 0.835. The zero-order chi connectivity index (χ0) is 10.6. The van der Waals surface area contributed by atoms with Gasteiger partial charge in [0.1, 0.15) is 12.1 Å². The topological polar surface area (TPSA) is 56.3 Å². The van der Waals surface area contributed by atoms with Gasteiger partial charge in [0.25, 0.3) is 0 Å². The maximum absolute atomic E-state index is 11.3. The number of hydrogen-bond donors (Lipinski definition) is 0. The van der Waals surface area contributed by atoms with Crippen molar-refractivity contribution in [2.24, 2.45) is 0 Å². The van der Waals surface area contributed by atoms with Crippen LogP contribution in [-0.4, -0.2) is 23.8 Å². The summed E-state index contributed by atoms with van der Waals surface area (Å²) in [4.78, 5) is 26.0. The Bertz CT molecular complexity index is 348. The van der Waals surface area contributed by atoms with E-state index in [4.69, 9.17) is 0 Å². The highest BCUT2D eigenvalue weighted by molar-refractivity contribution is 9.10. The predicted octanol–water partition coefficient (Wildman–Crippen LogP) is 1.59. The zero-order valence-electron chi connectivity index (χ0n) is 7.49. The number of carbonyl (C=O) groups is 2. The summed E-state index contributed by atoms with van der Waals surface area (Å²) in [6.07, 6.45) is 1.23. The predicted molar refractivity (Wildman–Crippen MR) is 52.9 cm³/mol. The number of halogens is 1. The van der Waals surface area contributed by atoms with Crippen molar-refractivity contribution in [3.63, 3.8) is 0 Å². The van der Waals surface area contributed by atoms with Crippen LogP contribution in [0.15, 0.2) is 22.8 Å². The van der Waals surface area contributed by atoms with Gasteiger partial charge < -0.3 is 4.74 Å². The largest absolute Gasteiger partial charge is 0.469 e. The van der Waals surface area contributed by atoms with Crippen LogP contribution in [0.5, 0.6) is 0 Å². The minimum absolute atomic E-state index is 0.263. The molecule has 0 fully saturated rings. The summed E-state index contributed by atoms with van der Waals surface area (Å²) in [5, 5.41) is 0. The van der Waals surface area contributed by atoms with Crippen molar-refractivity contribution in [2.75, 3.05) is 7.11 Å². The third-order valence-corrected chi connectivity index (χ3v) is 2.01. The molecule has 0 aliphatic carbocycles. The number of aromatic nitrogens is 1. The van der Waals surface area contributed by atoms with Gasteiger partial charge in [-0.2, -0.15) is 0 Å². The van der Waals surface area contributed by atoms with Gasteiger partial charge in [-0.25, -0.2) is 0 Å². The van der Waals surface area contributed by atoms with E-state index in [1.807, 2.05) is 0 Å². The third-order valence-electron chi connectivity index (χ3n) is 1.55. The molecule has 0 bridgehead atoms. The van der Waals surface area contributed by atoms with Gasteiger partial charge in [-0.1, -0.05) is 0 Å². The second-order valence-electron chi connectivity index (χ2n) is 2.54. The Kier molecular flexibility index (Phi) is 3.76. The van der Waals surface area contributed by atoms with Crippen molar-refractivity contribution < 1.29 is 14.3 Å². The molecule has 74 valence electrons. The van der Waals surface area contributed by atoms with Gasteiger partial charge >= 0.3 is 5.97 Å². The maximum Gasteiger partial charge on any atom is 0.313 e. The number of carbonyl (C=O) groups excluding carboxylic acids is 2. The first-order chi connectivity index (χ1) is 6.63. The lowest BCUT2D eigenvalue weighted by atomic mass is 10.2. The van der Waals surface area contributed by atoms with E-state index in [0.29, 0.717) is 0 Å². The number of nitrogens with zero attached hydrogens (tertiary/aromatic N) is 1. The van der Waals surface area contributed by atoms with Crippen LogP contribution < -0.4 is 0 Å². The molecule has 0 saturated heterocycles. The second-order valence-corrected chi connectivity index (χ2v) is 3.45. The first-order valence-electron chi connectivity index (χ1n) is 3.85. The number of ether oxygens (including phenoxy) is 1. The van der Waals surface area contributed by atoms with E-state index in [9.17, 15) is 9.59 Å². The van der Waals surface area contributed by atoms with Crippen molar-refractivity contribution in [1.82, 2.24) is 4.98 Å². The first kappa shape index (κ1) is 10.8. The van der Waals surface area contributed by atoms with E-state index in [-0.39, 0.29) is 17.9 Å². The quantitative estimate of drug-likeness (QED) is 0.469. The molecule has 14 heavy (non-hydrogen) atoms. The molecule has 1 rings (SSSR count). The SMILES string of the molecule is COC(=O)CC(=O)c1ccc(Br)cn1. The summed E-state index contributed by atoms with van der Waals surface area (Å²) in [5.41, 5.74) is 0.263. The van der Waals surface area contributed by atoms with E-state index >= 15 is 0 Å². The summed E-state index contributed by atoms with van der Waals surface area (Å²) < 4.78 is 5.15. The summed E-state index contributed by atoms with van der Waals surface area (Å²) >= 11 is 3.19. The molecule has 1 aromatic heterocycles. The lowest BCUT2D eigenvalue weighted by Crippen LogP contribution is -2.10. The van der Waals surface area contributed by atoms with Gasteiger partial charge in [0.15, 0.2) is 5.78 Å². The van der Waals surface area contributed by atoms with E-state index in [0.717, 1.165) is 4.47 Å². The second kappa shape index (κ2) is 4.85. The molecule has 0 aromatic carbocycles. The third kappa shape index (κ3) is 2.92. The number of pyridine rings is 1. The number of esters is 1. The summed E-state index contributed by atoms with van der Waals surface area (Å²) in [7, 11) is 1.24. The normalized spacial score (nSPS) is 9.57. The highest BCUT2D eigenvalue weighted by atomic mass is 79.9. The maximum atomic E-state index is 11.3. The average molecular weight is 258 g/mol. The lowest BCUT2D eigenvalue weighted by Gasteiger charge is -1.98. The van der Waals surface area contributed by atoms with Gasteiger partial charge in [-0.05, 0) is 28.1 Å². The van der Waals surface area contributed by atoms with Gasteiger partial charge in [0.2, 0.25) is 0 Å². The standard InChI is InChI=1S/C9H8BrNO3/c1-14-9(13)4-8(12)7-3-2-6(10)5-11-7/h2-3,5H,4H2,1H3. The van der Waals surface area contributed by atoms with Crippen molar-refractivity contribution in [2.45, 2.75) is 6.42 Å². The van der Waals surface area contributed by atoms with Crippen molar-refractivity contribution in [1.29, 1.82) is 0 Å². The fourth-order valence-corrected chi connectivity index (χ4v) is 1.07.